The number of nitrogens with one attached hydrogen (secondary N) is 1. The first-order valence-corrected chi connectivity index (χ1v) is 10.1. The molecule has 0 unspecified atom stereocenters. The lowest BCUT2D eigenvalue weighted by molar-refractivity contribution is -0.127. The number of amides is 1. The maximum Gasteiger partial charge on any atom is 0.260 e. The van der Waals surface area contributed by atoms with Crippen LogP contribution in [0.15, 0.2) is 36.4 Å². The average Bonchev–Trinajstić information content (AvgIpc) is 2.63. The van der Waals surface area contributed by atoms with Crippen molar-refractivity contribution in [2.24, 2.45) is 0 Å². The van der Waals surface area contributed by atoms with Crippen molar-refractivity contribution in [2.75, 3.05) is 6.54 Å². The summed E-state index contributed by atoms with van der Waals surface area (Å²) in [5.74, 6) is 1.42. The van der Waals surface area contributed by atoms with E-state index in [9.17, 15) is 4.79 Å². The van der Waals surface area contributed by atoms with Gasteiger partial charge < -0.3 is 14.8 Å². The molecule has 2 rings (SSSR count). The number of hydrogen-bond donors (Lipinski definition) is 1. The highest BCUT2D eigenvalue weighted by molar-refractivity contribution is 6.32. The van der Waals surface area contributed by atoms with Crippen LogP contribution in [-0.2, 0) is 11.2 Å². The quantitative estimate of drug-likeness (QED) is 0.581. The van der Waals surface area contributed by atoms with E-state index in [0.717, 1.165) is 34.7 Å². The van der Waals surface area contributed by atoms with E-state index in [2.05, 4.69) is 17.4 Å². The first kappa shape index (κ1) is 22.1. The monoisotopic (exact) mass is 403 g/mol. The summed E-state index contributed by atoms with van der Waals surface area (Å²) in [6.45, 7) is 10.2. The van der Waals surface area contributed by atoms with Crippen LogP contribution in [0.2, 0.25) is 5.02 Å². The fraction of sp³-hybridized carbons (Fsp3) is 0.435. The zero-order valence-corrected chi connectivity index (χ0v) is 18.1. The van der Waals surface area contributed by atoms with Crippen LogP contribution in [0.4, 0.5) is 0 Å². The third kappa shape index (κ3) is 6.75. The fourth-order valence-electron chi connectivity index (χ4n) is 2.89. The minimum atomic E-state index is -0.563. The van der Waals surface area contributed by atoms with Crippen LogP contribution in [0.1, 0.15) is 43.9 Å². The van der Waals surface area contributed by atoms with Crippen molar-refractivity contribution in [1.29, 1.82) is 0 Å². The SMILES string of the molecule is Cc1cc(O[C@@H](C)C(=O)NCCCc2ccc(OC(C)C)cc2)cc(C)c1Cl. The van der Waals surface area contributed by atoms with Crippen molar-refractivity contribution >= 4 is 17.5 Å². The van der Waals surface area contributed by atoms with E-state index in [1.807, 2.05) is 52.0 Å². The summed E-state index contributed by atoms with van der Waals surface area (Å²) < 4.78 is 11.4. The van der Waals surface area contributed by atoms with Gasteiger partial charge in [-0.1, -0.05) is 23.7 Å². The van der Waals surface area contributed by atoms with Crippen molar-refractivity contribution in [1.82, 2.24) is 5.32 Å². The summed E-state index contributed by atoms with van der Waals surface area (Å²) in [5, 5.41) is 3.67. The Balaban J connectivity index is 1.74. The van der Waals surface area contributed by atoms with Crippen LogP contribution in [-0.4, -0.2) is 24.7 Å². The van der Waals surface area contributed by atoms with Crippen LogP contribution < -0.4 is 14.8 Å². The topological polar surface area (TPSA) is 47.6 Å². The van der Waals surface area contributed by atoms with Crippen molar-refractivity contribution in [3.63, 3.8) is 0 Å². The summed E-state index contributed by atoms with van der Waals surface area (Å²) >= 11 is 6.17. The van der Waals surface area contributed by atoms with Gasteiger partial charge >= 0.3 is 0 Å². The molecule has 1 amide bonds. The lowest BCUT2D eigenvalue weighted by Gasteiger charge is -2.16. The molecule has 0 saturated heterocycles. The zero-order valence-electron chi connectivity index (χ0n) is 17.3. The molecule has 152 valence electrons. The molecular formula is C23H30ClNO3. The van der Waals surface area contributed by atoms with Gasteiger partial charge in [-0.2, -0.15) is 0 Å². The molecule has 0 aromatic heterocycles. The summed E-state index contributed by atoms with van der Waals surface area (Å²) in [6, 6.07) is 11.8. The van der Waals surface area contributed by atoms with E-state index < -0.39 is 6.10 Å². The van der Waals surface area contributed by atoms with Crippen LogP contribution in [0.3, 0.4) is 0 Å². The van der Waals surface area contributed by atoms with E-state index in [1.165, 1.54) is 5.56 Å². The summed E-state index contributed by atoms with van der Waals surface area (Å²) in [4.78, 5) is 12.3. The largest absolute Gasteiger partial charge is 0.491 e. The number of halogens is 1. The Morgan fingerprint density at radius 1 is 1.00 bits per heavy atom. The predicted octanol–water partition coefficient (Wildman–Crippen LogP) is 5.26. The Bertz CT molecular complexity index is 764. The molecule has 1 atom stereocenters. The molecule has 0 spiro atoms. The molecular weight excluding hydrogens is 374 g/mol. The second kappa shape index (κ2) is 10.4. The van der Waals surface area contributed by atoms with Gasteiger partial charge in [0.1, 0.15) is 11.5 Å². The van der Waals surface area contributed by atoms with Gasteiger partial charge in [-0.3, -0.25) is 4.79 Å². The van der Waals surface area contributed by atoms with E-state index in [0.29, 0.717) is 12.3 Å². The fourth-order valence-corrected chi connectivity index (χ4v) is 3.00. The maximum atomic E-state index is 12.3. The second-order valence-corrected chi connectivity index (χ2v) is 7.71. The molecule has 0 fully saturated rings. The van der Waals surface area contributed by atoms with E-state index in [-0.39, 0.29) is 12.0 Å². The van der Waals surface area contributed by atoms with Gasteiger partial charge in [-0.05, 0) is 88.4 Å². The predicted molar refractivity (Wildman–Crippen MR) is 115 cm³/mol. The van der Waals surface area contributed by atoms with Crippen LogP contribution in [0.5, 0.6) is 11.5 Å². The summed E-state index contributed by atoms with van der Waals surface area (Å²) in [7, 11) is 0. The van der Waals surface area contributed by atoms with E-state index in [4.69, 9.17) is 21.1 Å². The molecule has 0 aliphatic heterocycles. The van der Waals surface area contributed by atoms with Gasteiger partial charge in [0.15, 0.2) is 6.10 Å². The Kier molecular flexibility index (Phi) is 8.18. The average molecular weight is 404 g/mol. The molecule has 0 saturated carbocycles. The van der Waals surface area contributed by atoms with Crippen LogP contribution >= 0.6 is 11.6 Å². The highest BCUT2D eigenvalue weighted by Crippen LogP contribution is 2.26. The molecule has 0 aliphatic rings. The number of ether oxygens (including phenoxy) is 2. The molecule has 2 aromatic carbocycles. The third-order valence-corrected chi connectivity index (χ3v) is 4.92. The standard InChI is InChI=1S/C23H30ClNO3/c1-15(2)27-20-10-8-19(9-11-20)7-6-12-25-23(26)18(5)28-21-13-16(3)22(24)17(4)14-21/h8-11,13-15,18H,6-7,12H2,1-5H3,(H,25,26)/t18-/m0/s1. The molecule has 0 heterocycles. The normalized spacial score (nSPS) is 12.0. The lowest BCUT2D eigenvalue weighted by atomic mass is 10.1. The first-order chi connectivity index (χ1) is 13.3. The van der Waals surface area contributed by atoms with Crippen molar-refractivity contribution in [3.05, 3.63) is 58.1 Å². The number of carbonyl (C=O) groups is 1. The van der Waals surface area contributed by atoms with E-state index >= 15 is 0 Å². The number of aryl methyl sites for hydroxylation is 3. The van der Waals surface area contributed by atoms with Gasteiger partial charge in [0.2, 0.25) is 0 Å². The van der Waals surface area contributed by atoms with Gasteiger partial charge in [0.25, 0.3) is 5.91 Å². The Morgan fingerprint density at radius 2 is 1.61 bits per heavy atom. The lowest BCUT2D eigenvalue weighted by Crippen LogP contribution is -2.37. The van der Waals surface area contributed by atoms with Gasteiger partial charge in [0, 0.05) is 11.6 Å². The molecule has 1 N–H and O–H groups in total. The molecule has 28 heavy (non-hydrogen) atoms. The smallest absolute Gasteiger partial charge is 0.260 e. The molecule has 0 radical (unpaired) electrons. The number of hydrogen-bond acceptors (Lipinski definition) is 3. The van der Waals surface area contributed by atoms with Gasteiger partial charge in [0.05, 0.1) is 6.10 Å². The number of carbonyl (C=O) groups excluding carboxylic acids is 1. The molecule has 5 heteroatoms. The maximum absolute atomic E-state index is 12.3. The second-order valence-electron chi connectivity index (χ2n) is 7.34. The van der Waals surface area contributed by atoms with Crippen LogP contribution in [0.25, 0.3) is 0 Å². The minimum Gasteiger partial charge on any atom is -0.491 e. The summed E-state index contributed by atoms with van der Waals surface area (Å²) in [6.07, 6.45) is 1.37. The van der Waals surface area contributed by atoms with Crippen molar-refractivity contribution in [2.45, 2.75) is 59.7 Å². The van der Waals surface area contributed by atoms with E-state index in [1.54, 1.807) is 6.92 Å². The minimum absolute atomic E-state index is 0.120. The zero-order chi connectivity index (χ0) is 20.7. The molecule has 0 bridgehead atoms. The van der Waals surface area contributed by atoms with Gasteiger partial charge in [-0.15, -0.1) is 0 Å². The highest BCUT2D eigenvalue weighted by Gasteiger charge is 2.15. The Morgan fingerprint density at radius 3 is 2.18 bits per heavy atom. The van der Waals surface area contributed by atoms with Crippen LogP contribution in [0, 0.1) is 13.8 Å². The molecule has 2 aromatic rings. The summed E-state index contributed by atoms with van der Waals surface area (Å²) in [5.41, 5.74) is 3.10. The van der Waals surface area contributed by atoms with Gasteiger partial charge in [-0.25, -0.2) is 0 Å². The van der Waals surface area contributed by atoms with Crippen molar-refractivity contribution in [3.8, 4) is 11.5 Å². The molecule has 0 aliphatic carbocycles. The highest BCUT2D eigenvalue weighted by atomic mass is 35.5. The number of rotatable bonds is 9. The first-order valence-electron chi connectivity index (χ1n) is 9.73. The third-order valence-electron chi connectivity index (χ3n) is 4.33. The Labute approximate surface area is 173 Å². The van der Waals surface area contributed by atoms with Crippen molar-refractivity contribution < 1.29 is 14.3 Å². The number of benzene rings is 2. The Hall–Kier alpha value is -2.20. The molecule has 4 nitrogen and oxygen atoms in total.